The smallest absolute Gasteiger partial charge is 0.418 e. The van der Waals surface area contributed by atoms with E-state index in [1.807, 2.05) is 0 Å². The third-order valence-electron chi connectivity index (χ3n) is 7.01. The number of anilines is 1. The third kappa shape index (κ3) is 4.93. The third-order valence-corrected chi connectivity index (χ3v) is 7.01. The van der Waals surface area contributed by atoms with E-state index in [0.717, 1.165) is 17.0 Å². The molecule has 37 heavy (non-hydrogen) atoms. The molecule has 2 aromatic carbocycles. The number of ether oxygens (including phenoxy) is 2. The summed E-state index contributed by atoms with van der Waals surface area (Å²) < 4.78 is 51.4. The van der Waals surface area contributed by atoms with Crippen LogP contribution >= 0.6 is 0 Å². The molecule has 4 amide bonds. The molecule has 0 aromatic heterocycles. The molecule has 9 nitrogen and oxygen atoms in total. The molecule has 0 unspecified atom stereocenters. The lowest BCUT2D eigenvalue weighted by Crippen LogP contribution is -2.49. The van der Waals surface area contributed by atoms with E-state index >= 15 is 0 Å². The van der Waals surface area contributed by atoms with Crippen molar-refractivity contribution in [2.75, 3.05) is 38.1 Å². The SMILES string of the molecule is O=C1Nc2ccc(F)cc2C2(CCN(CCCNC(=O)N3C(=O)OC[C@@H]3c3ccc(F)c(F)c3)CC2)O1. The monoisotopic (exact) mass is 518 g/mol. The fourth-order valence-corrected chi connectivity index (χ4v) is 5.07. The standard InChI is InChI=1S/C25H25F3N4O5/c26-16-3-5-20-17(13-16)25(37-23(34)30-20)6-10-31(11-7-25)9-1-8-29-22(33)32-21(14-36-24(32)35)15-2-4-18(27)19(28)12-15/h2-5,12-13,21H,1,6-11,14H2,(H,29,33)(H,30,34)/t21-/m1/s1. The van der Waals surface area contributed by atoms with E-state index in [4.69, 9.17) is 9.47 Å². The minimum absolute atomic E-state index is 0.153. The molecule has 0 saturated carbocycles. The number of hydrogen-bond donors (Lipinski definition) is 2. The van der Waals surface area contributed by atoms with Gasteiger partial charge in [-0.15, -0.1) is 0 Å². The first kappa shape index (κ1) is 24.9. The van der Waals surface area contributed by atoms with Gasteiger partial charge in [0, 0.05) is 38.0 Å². The predicted molar refractivity (Wildman–Crippen MR) is 124 cm³/mol. The predicted octanol–water partition coefficient (Wildman–Crippen LogP) is 4.25. The zero-order valence-corrected chi connectivity index (χ0v) is 19.8. The highest BCUT2D eigenvalue weighted by Gasteiger charge is 2.44. The van der Waals surface area contributed by atoms with Crippen LogP contribution in [0.5, 0.6) is 0 Å². The number of halogens is 3. The molecular formula is C25H25F3N4O5. The molecule has 0 aliphatic carbocycles. The lowest BCUT2D eigenvalue weighted by atomic mass is 9.82. The zero-order valence-electron chi connectivity index (χ0n) is 19.8. The van der Waals surface area contributed by atoms with Crippen LogP contribution in [0.15, 0.2) is 36.4 Å². The average molecular weight is 518 g/mol. The molecule has 12 heteroatoms. The van der Waals surface area contributed by atoms with E-state index < -0.39 is 47.3 Å². The molecule has 2 aromatic rings. The van der Waals surface area contributed by atoms with Crippen LogP contribution in [0, 0.1) is 17.5 Å². The number of carbonyl (C=O) groups is 3. The Hall–Kier alpha value is -3.80. The first-order valence-corrected chi connectivity index (χ1v) is 12.0. The second-order valence-electron chi connectivity index (χ2n) is 9.26. The van der Waals surface area contributed by atoms with E-state index in [0.29, 0.717) is 50.1 Å². The van der Waals surface area contributed by atoms with E-state index in [2.05, 4.69) is 15.5 Å². The van der Waals surface area contributed by atoms with Crippen molar-refractivity contribution in [3.63, 3.8) is 0 Å². The highest BCUT2D eigenvalue weighted by Crippen LogP contribution is 2.43. The molecule has 3 aliphatic rings. The second kappa shape index (κ2) is 9.92. The Morgan fingerprint density at radius 1 is 1.08 bits per heavy atom. The lowest BCUT2D eigenvalue weighted by Gasteiger charge is -2.44. The largest absolute Gasteiger partial charge is 0.446 e. The Balaban J connectivity index is 1.12. The summed E-state index contributed by atoms with van der Waals surface area (Å²) >= 11 is 0. The number of rotatable bonds is 5. The topological polar surface area (TPSA) is 100 Å². The molecule has 1 atom stereocenters. The fourth-order valence-electron chi connectivity index (χ4n) is 5.07. The first-order valence-electron chi connectivity index (χ1n) is 12.0. The van der Waals surface area contributed by atoms with Gasteiger partial charge in [0.25, 0.3) is 0 Å². The molecule has 2 N–H and O–H groups in total. The number of piperidine rings is 1. The number of nitrogens with zero attached hydrogens (tertiary/aromatic N) is 2. The minimum Gasteiger partial charge on any atom is -0.446 e. The maximum Gasteiger partial charge on any atom is 0.418 e. The van der Waals surface area contributed by atoms with E-state index in [9.17, 15) is 27.6 Å². The van der Waals surface area contributed by atoms with Gasteiger partial charge in [-0.05, 0) is 48.9 Å². The van der Waals surface area contributed by atoms with Gasteiger partial charge < -0.3 is 19.7 Å². The summed E-state index contributed by atoms with van der Waals surface area (Å²) in [5, 5.41) is 5.29. The van der Waals surface area contributed by atoms with Crippen molar-refractivity contribution in [1.29, 1.82) is 0 Å². The van der Waals surface area contributed by atoms with Gasteiger partial charge >= 0.3 is 18.2 Å². The number of imide groups is 1. The van der Waals surface area contributed by atoms with Crippen LogP contribution in [0.1, 0.15) is 36.4 Å². The minimum atomic E-state index is -1.08. The summed E-state index contributed by atoms with van der Waals surface area (Å²) in [7, 11) is 0. The molecule has 2 fully saturated rings. The van der Waals surface area contributed by atoms with Gasteiger partial charge in [-0.1, -0.05) is 6.07 Å². The summed E-state index contributed by atoms with van der Waals surface area (Å²) in [6.07, 6.45) is 0.154. The normalized spacial score (nSPS) is 20.7. The highest BCUT2D eigenvalue weighted by molar-refractivity contribution is 5.92. The van der Waals surface area contributed by atoms with E-state index in [1.165, 1.54) is 24.3 Å². The number of fused-ring (bicyclic) bond motifs is 2. The second-order valence-corrected chi connectivity index (χ2v) is 9.26. The van der Waals surface area contributed by atoms with E-state index in [-0.39, 0.29) is 18.7 Å². The molecule has 3 heterocycles. The molecule has 2 saturated heterocycles. The van der Waals surface area contributed by atoms with Crippen LogP contribution in [0.3, 0.4) is 0 Å². The zero-order chi connectivity index (χ0) is 26.2. The number of urea groups is 1. The number of amides is 4. The van der Waals surface area contributed by atoms with Gasteiger partial charge in [-0.25, -0.2) is 32.5 Å². The maximum absolute atomic E-state index is 13.9. The van der Waals surface area contributed by atoms with Crippen LogP contribution < -0.4 is 10.6 Å². The fraction of sp³-hybridized carbons (Fsp3) is 0.400. The molecule has 1 spiro atoms. The van der Waals surface area contributed by atoms with Crippen LogP contribution in [0.4, 0.5) is 33.2 Å². The molecule has 0 radical (unpaired) electrons. The van der Waals surface area contributed by atoms with Gasteiger partial charge in [0.1, 0.15) is 24.1 Å². The Kier molecular flexibility index (Phi) is 6.67. The average Bonchev–Trinajstić information content (AvgIpc) is 3.26. The van der Waals surface area contributed by atoms with Crippen molar-refractivity contribution < 1.29 is 37.0 Å². The quantitative estimate of drug-likeness (QED) is 0.575. The molecule has 0 bridgehead atoms. The van der Waals surface area contributed by atoms with Crippen LogP contribution in [0.2, 0.25) is 0 Å². The number of benzene rings is 2. The Labute approximate surface area is 210 Å². The Bertz CT molecular complexity index is 1230. The summed E-state index contributed by atoms with van der Waals surface area (Å²) in [6, 6.07) is 5.87. The molecule has 196 valence electrons. The summed E-state index contributed by atoms with van der Waals surface area (Å²) in [4.78, 5) is 39.9. The van der Waals surface area contributed by atoms with Gasteiger partial charge in [0.15, 0.2) is 11.6 Å². The molecule has 5 rings (SSSR count). The number of nitrogens with one attached hydrogen (secondary N) is 2. The van der Waals surface area contributed by atoms with Crippen molar-refractivity contribution >= 4 is 23.9 Å². The number of cyclic esters (lactones) is 1. The van der Waals surface area contributed by atoms with Crippen LogP contribution in [-0.2, 0) is 15.1 Å². The van der Waals surface area contributed by atoms with Gasteiger partial charge in [-0.2, -0.15) is 0 Å². The van der Waals surface area contributed by atoms with Crippen molar-refractivity contribution in [3.05, 3.63) is 65.0 Å². The van der Waals surface area contributed by atoms with Gasteiger partial charge in [-0.3, -0.25) is 5.32 Å². The molecular weight excluding hydrogens is 493 g/mol. The summed E-state index contributed by atoms with van der Waals surface area (Å²) in [6.45, 7) is 1.96. The highest BCUT2D eigenvalue weighted by atomic mass is 19.2. The maximum atomic E-state index is 13.9. The van der Waals surface area contributed by atoms with Gasteiger partial charge in [0.2, 0.25) is 0 Å². The Morgan fingerprint density at radius 2 is 1.86 bits per heavy atom. The van der Waals surface area contributed by atoms with Gasteiger partial charge in [0.05, 0.1) is 5.69 Å². The number of carbonyl (C=O) groups excluding carboxylic acids is 3. The number of likely N-dealkylation sites (tertiary alicyclic amines) is 1. The Morgan fingerprint density at radius 3 is 2.62 bits per heavy atom. The summed E-state index contributed by atoms with van der Waals surface area (Å²) in [5.41, 5.74) is 0.556. The van der Waals surface area contributed by atoms with E-state index in [1.54, 1.807) is 0 Å². The van der Waals surface area contributed by atoms with Crippen LogP contribution in [-0.4, -0.2) is 60.8 Å². The van der Waals surface area contributed by atoms with Crippen molar-refractivity contribution in [2.45, 2.75) is 30.9 Å². The van der Waals surface area contributed by atoms with Crippen molar-refractivity contribution in [2.24, 2.45) is 0 Å². The molecule has 3 aliphatic heterocycles. The number of hydrogen-bond acceptors (Lipinski definition) is 6. The van der Waals surface area contributed by atoms with Crippen molar-refractivity contribution in [1.82, 2.24) is 15.1 Å². The first-order chi connectivity index (χ1) is 17.8. The van der Waals surface area contributed by atoms with Crippen LogP contribution in [0.25, 0.3) is 0 Å². The van der Waals surface area contributed by atoms with Crippen molar-refractivity contribution in [3.8, 4) is 0 Å². The lowest BCUT2D eigenvalue weighted by molar-refractivity contribution is -0.0380. The summed E-state index contributed by atoms with van der Waals surface area (Å²) in [5.74, 6) is -2.50.